The number of nitrogens with zero attached hydrogens (tertiary/aromatic N) is 5. The Morgan fingerprint density at radius 3 is 3.12 bits per heavy atom. The van der Waals surface area contributed by atoms with Gasteiger partial charge in [-0.3, -0.25) is 0 Å². The smallest absolute Gasteiger partial charge is 0.0958 e. The molecule has 1 heterocycles. The van der Waals surface area contributed by atoms with Crippen molar-refractivity contribution in [1.82, 2.24) is 9.55 Å². The van der Waals surface area contributed by atoms with E-state index in [1.54, 1.807) is 18.5 Å². The summed E-state index contributed by atoms with van der Waals surface area (Å²) in [5, 5.41) is 12.3. The number of aliphatic hydroxyl groups excluding tert-OH is 1. The molecule has 82 valence electrons. The molecule has 0 aliphatic carbocycles. The van der Waals surface area contributed by atoms with Crippen LogP contribution in [-0.4, -0.2) is 21.3 Å². The van der Waals surface area contributed by atoms with Crippen LogP contribution in [0, 0.1) is 0 Å². The van der Waals surface area contributed by atoms with Crippen LogP contribution in [0.25, 0.3) is 21.5 Å². The summed E-state index contributed by atoms with van der Waals surface area (Å²) in [6.45, 7) is 0.893. The maximum atomic E-state index is 8.76. The predicted octanol–water partition coefficient (Wildman–Crippen LogP) is 2.36. The summed E-state index contributed by atoms with van der Waals surface area (Å²) in [5.41, 5.74) is 10.6. The van der Waals surface area contributed by atoms with Gasteiger partial charge >= 0.3 is 0 Å². The molecule has 0 radical (unpaired) electrons. The normalized spacial score (nSPS) is 10.3. The highest BCUT2D eigenvalue weighted by atomic mass is 16.3. The molecule has 0 aliphatic rings. The van der Waals surface area contributed by atoms with Crippen molar-refractivity contribution in [3.05, 3.63) is 35.0 Å². The van der Waals surface area contributed by atoms with Gasteiger partial charge in [-0.05, 0) is 24.1 Å². The number of azide groups is 1. The molecule has 0 fully saturated rings. The van der Waals surface area contributed by atoms with Crippen LogP contribution in [0.15, 0.2) is 29.6 Å². The standard InChI is InChI=1S/C10H11N5O/c11-14-13-8-2-3-10-9(6-8)12-7-15(10)4-1-5-16/h2-3,6-7,16H,1,4-5H2. The Kier molecular flexibility index (Phi) is 3.05. The Hall–Kier alpha value is -2.04. The summed E-state index contributed by atoms with van der Waals surface area (Å²) in [7, 11) is 0. The zero-order valence-electron chi connectivity index (χ0n) is 8.61. The fourth-order valence-electron chi connectivity index (χ4n) is 1.59. The zero-order chi connectivity index (χ0) is 11.4. The molecular formula is C10H11N5O. The van der Waals surface area contributed by atoms with E-state index in [4.69, 9.17) is 10.6 Å². The molecular weight excluding hydrogens is 206 g/mol. The van der Waals surface area contributed by atoms with Gasteiger partial charge in [0.15, 0.2) is 0 Å². The molecule has 0 aliphatic heterocycles. The molecule has 1 N–H and O–H groups in total. The van der Waals surface area contributed by atoms with Gasteiger partial charge in [-0.2, -0.15) is 0 Å². The van der Waals surface area contributed by atoms with Crippen molar-refractivity contribution in [3.8, 4) is 0 Å². The van der Waals surface area contributed by atoms with Crippen molar-refractivity contribution < 1.29 is 5.11 Å². The van der Waals surface area contributed by atoms with E-state index in [-0.39, 0.29) is 6.61 Å². The van der Waals surface area contributed by atoms with Crippen LogP contribution < -0.4 is 0 Å². The maximum absolute atomic E-state index is 8.76. The van der Waals surface area contributed by atoms with Gasteiger partial charge in [0.25, 0.3) is 0 Å². The van der Waals surface area contributed by atoms with Crippen LogP contribution in [0.3, 0.4) is 0 Å². The van der Waals surface area contributed by atoms with Crippen molar-refractivity contribution in [1.29, 1.82) is 0 Å². The van der Waals surface area contributed by atoms with Gasteiger partial charge in [-0.15, -0.1) is 0 Å². The minimum Gasteiger partial charge on any atom is -0.396 e. The highest BCUT2D eigenvalue weighted by Gasteiger charge is 2.02. The SMILES string of the molecule is [N-]=[N+]=Nc1ccc2c(c1)ncn2CCCO. The average Bonchev–Trinajstić information content (AvgIpc) is 2.69. The number of hydrogen-bond acceptors (Lipinski definition) is 3. The van der Waals surface area contributed by atoms with E-state index in [0.717, 1.165) is 17.6 Å². The Balaban J connectivity index is 2.38. The topological polar surface area (TPSA) is 86.8 Å². The fraction of sp³-hybridized carbons (Fsp3) is 0.300. The largest absolute Gasteiger partial charge is 0.396 e. The van der Waals surface area contributed by atoms with Crippen molar-refractivity contribution in [2.45, 2.75) is 13.0 Å². The first-order chi connectivity index (χ1) is 7.85. The van der Waals surface area contributed by atoms with Gasteiger partial charge in [0, 0.05) is 23.8 Å². The van der Waals surface area contributed by atoms with Gasteiger partial charge in [0.05, 0.1) is 17.4 Å². The molecule has 0 amide bonds. The Labute approximate surface area is 91.8 Å². The van der Waals surface area contributed by atoms with Crippen molar-refractivity contribution in [2.24, 2.45) is 5.11 Å². The number of fused-ring (bicyclic) bond motifs is 1. The molecule has 0 spiro atoms. The Bertz CT molecular complexity index is 541. The molecule has 16 heavy (non-hydrogen) atoms. The monoisotopic (exact) mass is 217 g/mol. The third kappa shape index (κ3) is 1.98. The van der Waals surface area contributed by atoms with Gasteiger partial charge < -0.3 is 9.67 Å². The Morgan fingerprint density at radius 1 is 1.50 bits per heavy atom. The lowest BCUT2D eigenvalue weighted by Crippen LogP contribution is -1.97. The van der Waals surface area contributed by atoms with E-state index in [1.165, 1.54) is 0 Å². The highest BCUT2D eigenvalue weighted by molar-refractivity contribution is 5.78. The molecule has 1 aromatic carbocycles. The van der Waals surface area contributed by atoms with Gasteiger partial charge in [-0.25, -0.2) is 4.98 Å². The molecule has 2 aromatic rings. The molecule has 0 atom stereocenters. The van der Waals surface area contributed by atoms with E-state index in [2.05, 4.69) is 15.0 Å². The second kappa shape index (κ2) is 4.65. The summed E-state index contributed by atoms with van der Waals surface area (Å²) in [6, 6.07) is 5.35. The lowest BCUT2D eigenvalue weighted by atomic mass is 10.3. The molecule has 0 unspecified atom stereocenters. The molecule has 0 saturated carbocycles. The van der Waals surface area contributed by atoms with Crippen LogP contribution in [0.4, 0.5) is 5.69 Å². The predicted molar refractivity (Wildman–Crippen MR) is 60.2 cm³/mol. The Morgan fingerprint density at radius 2 is 2.38 bits per heavy atom. The first-order valence-electron chi connectivity index (χ1n) is 4.96. The second-order valence-corrected chi connectivity index (χ2v) is 3.38. The van der Waals surface area contributed by atoms with Crippen molar-refractivity contribution in [3.63, 3.8) is 0 Å². The summed E-state index contributed by atoms with van der Waals surface area (Å²) in [4.78, 5) is 6.94. The second-order valence-electron chi connectivity index (χ2n) is 3.38. The van der Waals surface area contributed by atoms with Crippen molar-refractivity contribution >= 4 is 16.7 Å². The third-order valence-electron chi connectivity index (χ3n) is 2.32. The van der Waals surface area contributed by atoms with Crippen LogP contribution in [0.1, 0.15) is 6.42 Å². The average molecular weight is 217 g/mol. The number of imidazole rings is 1. The fourth-order valence-corrected chi connectivity index (χ4v) is 1.59. The van der Waals surface area contributed by atoms with E-state index >= 15 is 0 Å². The molecule has 2 rings (SSSR count). The van der Waals surface area contributed by atoms with Gasteiger partial charge in [0.2, 0.25) is 0 Å². The van der Waals surface area contributed by atoms with Crippen LogP contribution >= 0.6 is 0 Å². The highest BCUT2D eigenvalue weighted by Crippen LogP contribution is 2.20. The maximum Gasteiger partial charge on any atom is 0.0958 e. The van der Waals surface area contributed by atoms with Gasteiger partial charge in [-0.1, -0.05) is 11.2 Å². The summed E-state index contributed by atoms with van der Waals surface area (Å²) in [5.74, 6) is 0. The molecule has 0 bridgehead atoms. The van der Waals surface area contributed by atoms with E-state index in [1.807, 2.05) is 10.6 Å². The molecule has 0 saturated heterocycles. The number of aromatic nitrogens is 2. The minimum atomic E-state index is 0.163. The van der Waals surface area contributed by atoms with E-state index in [0.29, 0.717) is 12.1 Å². The molecule has 1 aromatic heterocycles. The van der Waals surface area contributed by atoms with Crippen molar-refractivity contribution in [2.75, 3.05) is 6.61 Å². The molecule has 6 heteroatoms. The van der Waals surface area contributed by atoms with E-state index < -0.39 is 0 Å². The lowest BCUT2D eigenvalue weighted by molar-refractivity contribution is 0.280. The van der Waals surface area contributed by atoms with E-state index in [9.17, 15) is 0 Å². The van der Waals surface area contributed by atoms with Crippen LogP contribution in [-0.2, 0) is 6.54 Å². The number of aryl methyl sites for hydroxylation is 1. The quantitative estimate of drug-likeness (QED) is 0.484. The van der Waals surface area contributed by atoms with Crippen LogP contribution in [0.2, 0.25) is 0 Å². The molecule has 6 nitrogen and oxygen atoms in total. The summed E-state index contributed by atoms with van der Waals surface area (Å²) in [6.07, 6.45) is 2.42. The summed E-state index contributed by atoms with van der Waals surface area (Å²) >= 11 is 0. The minimum absolute atomic E-state index is 0.163. The number of aliphatic hydroxyl groups is 1. The third-order valence-corrected chi connectivity index (χ3v) is 2.32. The van der Waals surface area contributed by atoms with Crippen LogP contribution in [0.5, 0.6) is 0 Å². The van der Waals surface area contributed by atoms with Gasteiger partial charge in [0.1, 0.15) is 0 Å². The lowest BCUT2D eigenvalue weighted by Gasteiger charge is -2.01. The first kappa shape index (κ1) is 10.5. The zero-order valence-corrected chi connectivity index (χ0v) is 8.61. The first-order valence-corrected chi connectivity index (χ1v) is 4.96. The summed E-state index contributed by atoms with van der Waals surface area (Å²) < 4.78 is 1.96. The number of hydrogen-bond donors (Lipinski definition) is 1. The number of rotatable bonds is 4. The number of benzene rings is 1.